The highest BCUT2D eigenvalue weighted by molar-refractivity contribution is 5.95. The van der Waals surface area contributed by atoms with E-state index in [1.54, 1.807) is 25.1 Å². The van der Waals surface area contributed by atoms with Crippen LogP contribution in [0.1, 0.15) is 47.2 Å². The summed E-state index contributed by atoms with van der Waals surface area (Å²) in [6.45, 7) is 8.13. The van der Waals surface area contributed by atoms with Crippen LogP contribution in [0.2, 0.25) is 0 Å². The fourth-order valence-electron chi connectivity index (χ4n) is 3.79. The molecular weight excluding hydrogens is 398 g/mol. The lowest BCUT2D eigenvalue weighted by atomic mass is 9.95. The number of hydrogen-bond acceptors (Lipinski definition) is 5. The minimum absolute atomic E-state index is 0.174. The van der Waals surface area contributed by atoms with Crippen LogP contribution < -0.4 is 10.6 Å². The predicted molar refractivity (Wildman–Crippen MR) is 114 cm³/mol. The van der Waals surface area contributed by atoms with E-state index in [1.807, 2.05) is 43.5 Å². The standard InChI is InChI=1S/C23H27N3O5/c1-5-26-14(3)12-17(15(26)4)21(27)31-13-18-19(22(28)30-6-2)20(25-23(29)24-18)16-10-8-7-9-11-16/h7-12,20H,5-6,13H2,1-4H3,(H2,24,25,29). The van der Waals surface area contributed by atoms with Gasteiger partial charge in [-0.3, -0.25) is 0 Å². The van der Waals surface area contributed by atoms with Crippen molar-refractivity contribution < 1.29 is 23.9 Å². The largest absolute Gasteiger partial charge is 0.463 e. The highest BCUT2D eigenvalue weighted by Gasteiger charge is 2.34. The quantitative estimate of drug-likeness (QED) is 0.664. The van der Waals surface area contributed by atoms with Crippen LogP contribution >= 0.6 is 0 Å². The number of aryl methyl sites for hydroxylation is 1. The molecule has 0 aliphatic carbocycles. The number of carbonyl (C=O) groups excluding carboxylic acids is 3. The molecule has 8 heteroatoms. The number of ether oxygens (including phenoxy) is 2. The number of esters is 2. The summed E-state index contributed by atoms with van der Waals surface area (Å²) >= 11 is 0. The summed E-state index contributed by atoms with van der Waals surface area (Å²) in [6, 6.07) is 9.65. The molecule has 1 aromatic heterocycles. The zero-order valence-electron chi connectivity index (χ0n) is 18.2. The molecule has 0 saturated heterocycles. The molecule has 1 atom stereocenters. The normalized spacial score (nSPS) is 15.9. The van der Waals surface area contributed by atoms with Gasteiger partial charge in [0, 0.05) is 17.9 Å². The molecule has 2 aromatic rings. The number of urea groups is 1. The number of amides is 2. The average Bonchev–Trinajstić information content (AvgIpc) is 3.05. The van der Waals surface area contributed by atoms with E-state index in [-0.39, 0.29) is 24.5 Å². The van der Waals surface area contributed by atoms with Crippen molar-refractivity contribution >= 4 is 18.0 Å². The molecule has 3 rings (SSSR count). The molecule has 1 aromatic carbocycles. The highest BCUT2D eigenvalue weighted by atomic mass is 16.5. The van der Waals surface area contributed by atoms with Gasteiger partial charge in [0.25, 0.3) is 0 Å². The van der Waals surface area contributed by atoms with Crippen LogP contribution in [0.15, 0.2) is 47.7 Å². The van der Waals surface area contributed by atoms with Crippen LogP contribution in [0.5, 0.6) is 0 Å². The summed E-state index contributed by atoms with van der Waals surface area (Å²) in [5.41, 5.74) is 3.35. The Morgan fingerprint density at radius 3 is 2.39 bits per heavy atom. The van der Waals surface area contributed by atoms with Gasteiger partial charge in [-0.05, 0) is 39.3 Å². The summed E-state index contributed by atoms with van der Waals surface area (Å²) in [4.78, 5) is 37.7. The number of rotatable bonds is 7. The SMILES string of the molecule is CCOC(=O)C1=C(COC(=O)c2cc(C)n(CC)c2C)NC(=O)NC1c1ccccc1. The van der Waals surface area contributed by atoms with Gasteiger partial charge in [0.1, 0.15) is 6.61 Å². The molecule has 0 fully saturated rings. The van der Waals surface area contributed by atoms with Gasteiger partial charge in [-0.2, -0.15) is 0 Å². The first-order valence-corrected chi connectivity index (χ1v) is 10.2. The molecule has 8 nitrogen and oxygen atoms in total. The second-order valence-electron chi connectivity index (χ2n) is 7.16. The molecule has 1 aliphatic heterocycles. The first-order valence-electron chi connectivity index (χ1n) is 10.2. The van der Waals surface area contributed by atoms with Crippen molar-refractivity contribution in [3.05, 3.63) is 70.2 Å². The highest BCUT2D eigenvalue weighted by Crippen LogP contribution is 2.28. The molecule has 0 bridgehead atoms. The Balaban J connectivity index is 1.92. The zero-order valence-corrected chi connectivity index (χ0v) is 18.2. The predicted octanol–water partition coefficient (Wildman–Crippen LogP) is 3.15. The maximum absolute atomic E-state index is 12.7. The summed E-state index contributed by atoms with van der Waals surface area (Å²) < 4.78 is 12.7. The molecule has 2 heterocycles. The second-order valence-corrected chi connectivity index (χ2v) is 7.16. The van der Waals surface area contributed by atoms with Crippen LogP contribution in [0.3, 0.4) is 0 Å². The van der Waals surface area contributed by atoms with E-state index in [0.29, 0.717) is 5.56 Å². The Hall–Kier alpha value is -3.55. The molecule has 1 unspecified atom stereocenters. The van der Waals surface area contributed by atoms with E-state index < -0.39 is 24.0 Å². The Labute approximate surface area is 181 Å². The monoisotopic (exact) mass is 425 g/mol. The molecule has 1 aliphatic rings. The van der Waals surface area contributed by atoms with E-state index in [2.05, 4.69) is 10.6 Å². The van der Waals surface area contributed by atoms with Gasteiger partial charge in [0.05, 0.1) is 29.5 Å². The van der Waals surface area contributed by atoms with Gasteiger partial charge in [0.2, 0.25) is 0 Å². The van der Waals surface area contributed by atoms with Crippen molar-refractivity contribution in [3.8, 4) is 0 Å². The van der Waals surface area contributed by atoms with Gasteiger partial charge in [-0.1, -0.05) is 30.3 Å². The van der Waals surface area contributed by atoms with E-state index in [9.17, 15) is 14.4 Å². The van der Waals surface area contributed by atoms with Crippen molar-refractivity contribution in [1.29, 1.82) is 0 Å². The Morgan fingerprint density at radius 2 is 1.77 bits per heavy atom. The summed E-state index contributed by atoms with van der Waals surface area (Å²) in [5.74, 6) is -1.10. The van der Waals surface area contributed by atoms with Gasteiger partial charge in [0.15, 0.2) is 0 Å². The summed E-state index contributed by atoms with van der Waals surface area (Å²) in [7, 11) is 0. The lowest BCUT2D eigenvalue weighted by Gasteiger charge is -2.29. The van der Waals surface area contributed by atoms with E-state index >= 15 is 0 Å². The third kappa shape index (κ3) is 4.63. The van der Waals surface area contributed by atoms with Crippen LogP contribution in [-0.2, 0) is 20.8 Å². The molecule has 0 spiro atoms. The van der Waals surface area contributed by atoms with Crippen LogP contribution in [0.4, 0.5) is 4.79 Å². The molecule has 0 saturated carbocycles. The number of carbonyl (C=O) groups is 3. The second kappa shape index (κ2) is 9.51. The summed E-state index contributed by atoms with van der Waals surface area (Å²) in [6.07, 6.45) is 0. The van der Waals surface area contributed by atoms with Gasteiger partial charge in [-0.25, -0.2) is 14.4 Å². The third-order valence-corrected chi connectivity index (χ3v) is 5.24. The van der Waals surface area contributed by atoms with Gasteiger partial charge in [-0.15, -0.1) is 0 Å². The summed E-state index contributed by atoms with van der Waals surface area (Å²) in [5, 5.41) is 5.35. The zero-order chi connectivity index (χ0) is 22.5. The molecule has 2 amide bonds. The number of hydrogen-bond donors (Lipinski definition) is 2. The van der Waals surface area contributed by atoms with Crippen molar-refractivity contribution in [1.82, 2.24) is 15.2 Å². The first-order chi connectivity index (χ1) is 14.9. The van der Waals surface area contributed by atoms with Gasteiger partial charge < -0.3 is 24.7 Å². The molecule has 2 N–H and O–H groups in total. The maximum Gasteiger partial charge on any atom is 0.340 e. The number of aromatic nitrogens is 1. The lowest BCUT2D eigenvalue weighted by molar-refractivity contribution is -0.139. The average molecular weight is 425 g/mol. The molecule has 31 heavy (non-hydrogen) atoms. The molecule has 164 valence electrons. The lowest BCUT2D eigenvalue weighted by Crippen LogP contribution is -2.47. The number of benzene rings is 1. The molecule has 0 radical (unpaired) electrons. The van der Waals surface area contributed by atoms with Crippen molar-refractivity contribution in [2.24, 2.45) is 0 Å². The Kier molecular flexibility index (Phi) is 6.79. The van der Waals surface area contributed by atoms with Crippen molar-refractivity contribution in [2.45, 2.75) is 40.3 Å². The third-order valence-electron chi connectivity index (χ3n) is 5.24. The fraction of sp³-hybridized carbons (Fsp3) is 0.348. The number of nitrogens with one attached hydrogen (secondary N) is 2. The topological polar surface area (TPSA) is 98.7 Å². The van der Waals surface area contributed by atoms with E-state index in [4.69, 9.17) is 9.47 Å². The van der Waals surface area contributed by atoms with Crippen LogP contribution in [-0.4, -0.2) is 35.8 Å². The Morgan fingerprint density at radius 1 is 1.06 bits per heavy atom. The smallest absolute Gasteiger partial charge is 0.340 e. The van der Waals surface area contributed by atoms with Crippen molar-refractivity contribution in [3.63, 3.8) is 0 Å². The van der Waals surface area contributed by atoms with E-state index in [0.717, 1.165) is 23.5 Å². The van der Waals surface area contributed by atoms with Crippen LogP contribution in [0, 0.1) is 13.8 Å². The number of nitrogens with zero attached hydrogens (tertiary/aromatic N) is 1. The van der Waals surface area contributed by atoms with Gasteiger partial charge >= 0.3 is 18.0 Å². The van der Waals surface area contributed by atoms with Crippen LogP contribution in [0.25, 0.3) is 0 Å². The minimum atomic E-state index is -0.715. The maximum atomic E-state index is 12.7. The van der Waals surface area contributed by atoms with Crippen molar-refractivity contribution in [2.75, 3.05) is 13.2 Å². The van der Waals surface area contributed by atoms with E-state index in [1.165, 1.54) is 0 Å². The minimum Gasteiger partial charge on any atom is -0.463 e. The first kappa shape index (κ1) is 22.1. The fourth-order valence-corrected chi connectivity index (χ4v) is 3.79. The molecular formula is C23H27N3O5. The Bertz CT molecular complexity index is 1020.